The fourth-order valence-corrected chi connectivity index (χ4v) is 1.50. The standard InChI is InChI=1S/C11H21N3O3/c1-11(2,3)13-9(15)8-12-10(16)14-4-6-17-7-5-14/h4-8H2,1-3H3,(H,12,16)(H,13,15). The highest BCUT2D eigenvalue weighted by Crippen LogP contribution is 1.98. The Balaban J connectivity index is 2.25. The maximum atomic E-state index is 11.6. The summed E-state index contributed by atoms with van der Waals surface area (Å²) in [7, 11) is 0. The van der Waals surface area contributed by atoms with Crippen molar-refractivity contribution in [3.05, 3.63) is 0 Å². The van der Waals surface area contributed by atoms with Crippen LogP contribution >= 0.6 is 0 Å². The average Bonchev–Trinajstić information content (AvgIpc) is 2.25. The normalized spacial score (nSPS) is 16.5. The van der Waals surface area contributed by atoms with Crippen molar-refractivity contribution in [3.8, 4) is 0 Å². The molecule has 2 N–H and O–H groups in total. The zero-order valence-corrected chi connectivity index (χ0v) is 10.7. The van der Waals surface area contributed by atoms with Crippen molar-refractivity contribution in [1.82, 2.24) is 15.5 Å². The van der Waals surface area contributed by atoms with Gasteiger partial charge in [0, 0.05) is 18.6 Å². The second-order valence-electron chi connectivity index (χ2n) is 5.06. The molecule has 0 aromatic rings. The lowest BCUT2D eigenvalue weighted by Gasteiger charge is -2.27. The minimum Gasteiger partial charge on any atom is -0.378 e. The minimum atomic E-state index is -0.277. The molecule has 98 valence electrons. The number of ether oxygens (including phenoxy) is 1. The first-order valence-electron chi connectivity index (χ1n) is 5.80. The smallest absolute Gasteiger partial charge is 0.317 e. The van der Waals surface area contributed by atoms with Crippen molar-refractivity contribution in [2.45, 2.75) is 26.3 Å². The first-order chi connectivity index (χ1) is 7.88. The quantitative estimate of drug-likeness (QED) is 0.714. The van der Waals surface area contributed by atoms with Crippen molar-refractivity contribution in [1.29, 1.82) is 0 Å². The highest BCUT2D eigenvalue weighted by Gasteiger charge is 2.18. The molecule has 1 aliphatic heterocycles. The van der Waals surface area contributed by atoms with Gasteiger partial charge in [0.25, 0.3) is 0 Å². The van der Waals surface area contributed by atoms with Gasteiger partial charge in [-0.2, -0.15) is 0 Å². The van der Waals surface area contributed by atoms with Gasteiger partial charge in [-0.25, -0.2) is 4.79 Å². The number of rotatable bonds is 2. The molecule has 1 saturated heterocycles. The Morgan fingerprint density at radius 1 is 1.24 bits per heavy atom. The fraction of sp³-hybridized carbons (Fsp3) is 0.818. The Morgan fingerprint density at radius 2 is 1.82 bits per heavy atom. The first-order valence-corrected chi connectivity index (χ1v) is 5.80. The number of morpholine rings is 1. The summed E-state index contributed by atoms with van der Waals surface area (Å²) in [6.07, 6.45) is 0. The van der Waals surface area contributed by atoms with Crippen LogP contribution in [0.5, 0.6) is 0 Å². The van der Waals surface area contributed by atoms with Crippen LogP contribution in [0.4, 0.5) is 4.79 Å². The number of carbonyl (C=O) groups is 2. The van der Waals surface area contributed by atoms with Gasteiger partial charge in [0.2, 0.25) is 5.91 Å². The molecule has 1 fully saturated rings. The van der Waals surface area contributed by atoms with Crippen molar-refractivity contribution < 1.29 is 14.3 Å². The molecule has 0 spiro atoms. The summed E-state index contributed by atoms with van der Waals surface area (Å²) in [6.45, 7) is 7.97. The summed E-state index contributed by atoms with van der Waals surface area (Å²) >= 11 is 0. The SMILES string of the molecule is CC(C)(C)NC(=O)CNC(=O)N1CCOCC1. The monoisotopic (exact) mass is 243 g/mol. The third kappa shape index (κ3) is 5.53. The van der Waals surface area contributed by atoms with Gasteiger partial charge in [-0.1, -0.05) is 0 Å². The predicted octanol–water partition coefficient (Wildman–Crippen LogP) is -0.0571. The van der Waals surface area contributed by atoms with Crippen molar-refractivity contribution in [2.75, 3.05) is 32.8 Å². The van der Waals surface area contributed by atoms with Gasteiger partial charge in [0.1, 0.15) is 0 Å². The van der Waals surface area contributed by atoms with E-state index >= 15 is 0 Å². The Hall–Kier alpha value is -1.30. The molecule has 0 unspecified atom stereocenters. The number of amides is 3. The Labute approximate surface area is 102 Å². The highest BCUT2D eigenvalue weighted by atomic mass is 16.5. The molecule has 1 heterocycles. The van der Waals surface area contributed by atoms with Crippen LogP contribution in [0.25, 0.3) is 0 Å². The number of nitrogens with zero attached hydrogens (tertiary/aromatic N) is 1. The number of hydrogen-bond acceptors (Lipinski definition) is 3. The predicted molar refractivity (Wildman–Crippen MR) is 63.7 cm³/mol. The summed E-state index contributed by atoms with van der Waals surface area (Å²) < 4.78 is 5.14. The lowest BCUT2D eigenvalue weighted by molar-refractivity contribution is -0.121. The molecule has 6 nitrogen and oxygen atoms in total. The molecule has 0 aromatic heterocycles. The fourth-order valence-electron chi connectivity index (χ4n) is 1.50. The van der Waals surface area contributed by atoms with Crippen LogP contribution in [0.2, 0.25) is 0 Å². The van der Waals surface area contributed by atoms with Crippen LogP contribution in [-0.2, 0) is 9.53 Å². The number of nitrogens with one attached hydrogen (secondary N) is 2. The van der Waals surface area contributed by atoms with Gasteiger partial charge in [-0.05, 0) is 20.8 Å². The Bertz CT molecular complexity index is 280. The largest absolute Gasteiger partial charge is 0.378 e. The molecule has 0 radical (unpaired) electrons. The van der Waals surface area contributed by atoms with E-state index in [1.54, 1.807) is 4.90 Å². The first kappa shape index (κ1) is 13.8. The Morgan fingerprint density at radius 3 is 2.35 bits per heavy atom. The van der Waals surface area contributed by atoms with Gasteiger partial charge >= 0.3 is 6.03 Å². The van der Waals surface area contributed by atoms with Crippen LogP contribution in [0, 0.1) is 0 Å². The molecule has 1 aliphatic rings. The maximum Gasteiger partial charge on any atom is 0.317 e. The zero-order valence-electron chi connectivity index (χ0n) is 10.7. The molecule has 0 aromatic carbocycles. The van der Waals surface area contributed by atoms with E-state index in [1.165, 1.54) is 0 Å². The van der Waals surface area contributed by atoms with Gasteiger partial charge in [-0.3, -0.25) is 4.79 Å². The zero-order chi connectivity index (χ0) is 12.9. The molecule has 0 saturated carbocycles. The van der Waals surface area contributed by atoms with Crippen molar-refractivity contribution in [3.63, 3.8) is 0 Å². The summed E-state index contributed by atoms with van der Waals surface area (Å²) in [5, 5.41) is 5.37. The molecule has 6 heteroatoms. The average molecular weight is 243 g/mol. The van der Waals surface area contributed by atoms with E-state index in [0.717, 1.165) is 0 Å². The third-order valence-electron chi connectivity index (χ3n) is 2.21. The second-order valence-corrected chi connectivity index (χ2v) is 5.06. The molecule has 17 heavy (non-hydrogen) atoms. The summed E-state index contributed by atoms with van der Waals surface area (Å²) in [5.74, 6) is -0.181. The van der Waals surface area contributed by atoms with E-state index in [0.29, 0.717) is 26.3 Å². The minimum absolute atomic E-state index is 0.00740. The van der Waals surface area contributed by atoms with E-state index in [2.05, 4.69) is 10.6 Å². The van der Waals surface area contributed by atoms with Crippen molar-refractivity contribution >= 4 is 11.9 Å². The lowest BCUT2D eigenvalue weighted by atomic mass is 10.1. The van der Waals surface area contributed by atoms with E-state index < -0.39 is 0 Å². The van der Waals surface area contributed by atoms with E-state index in [4.69, 9.17) is 4.74 Å². The lowest BCUT2D eigenvalue weighted by Crippen LogP contribution is -2.50. The van der Waals surface area contributed by atoms with Crippen LogP contribution in [0.3, 0.4) is 0 Å². The van der Waals surface area contributed by atoms with Gasteiger partial charge < -0.3 is 20.3 Å². The summed E-state index contributed by atoms with van der Waals surface area (Å²) in [5.41, 5.74) is -0.277. The summed E-state index contributed by atoms with van der Waals surface area (Å²) in [6, 6.07) is -0.211. The molecule has 0 bridgehead atoms. The molecule has 1 rings (SSSR count). The van der Waals surface area contributed by atoms with Crippen LogP contribution < -0.4 is 10.6 Å². The number of carbonyl (C=O) groups excluding carboxylic acids is 2. The maximum absolute atomic E-state index is 11.6. The topological polar surface area (TPSA) is 70.7 Å². The van der Waals surface area contributed by atoms with Crippen LogP contribution in [-0.4, -0.2) is 55.2 Å². The molecular formula is C11H21N3O3. The van der Waals surface area contributed by atoms with Gasteiger partial charge in [-0.15, -0.1) is 0 Å². The number of urea groups is 1. The highest BCUT2D eigenvalue weighted by molar-refractivity contribution is 5.84. The molecule has 0 atom stereocenters. The van der Waals surface area contributed by atoms with Crippen molar-refractivity contribution in [2.24, 2.45) is 0 Å². The van der Waals surface area contributed by atoms with Crippen LogP contribution in [0.15, 0.2) is 0 Å². The van der Waals surface area contributed by atoms with E-state index in [1.807, 2.05) is 20.8 Å². The van der Waals surface area contributed by atoms with E-state index in [-0.39, 0.29) is 24.0 Å². The second kappa shape index (κ2) is 5.86. The third-order valence-corrected chi connectivity index (χ3v) is 2.21. The molecule has 0 aliphatic carbocycles. The summed E-state index contributed by atoms with van der Waals surface area (Å²) in [4.78, 5) is 24.8. The van der Waals surface area contributed by atoms with Crippen LogP contribution in [0.1, 0.15) is 20.8 Å². The van der Waals surface area contributed by atoms with Gasteiger partial charge in [0.15, 0.2) is 0 Å². The van der Waals surface area contributed by atoms with Gasteiger partial charge in [0.05, 0.1) is 19.8 Å². The number of hydrogen-bond donors (Lipinski definition) is 2. The molecular weight excluding hydrogens is 222 g/mol. The Kier molecular flexibility index (Phi) is 4.74. The molecule has 3 amide bonds. The van der Waals surface area contributed by atoms with E-state index in [9.17, 15) is 9.59 Å².